The monoisotopic (exact) mass is 384 g/mol. The lowest BCUT2D eigenvalue weighted by molar-refractivity contribution is -0.120. The molecule has 0 aliphatic carbocycles. The fourth-order valence-corrected chi connectivity index (χ4v) is 5.48. The van der Waals surface area contributed by atoms with E-state index in [1.54, 1.807) is 41.8 Å². The summed E-state index contributed by atoms with van der Waals surface area (Å²) in [6.07, 6.45) is 1.35. The molecule has 2 aromatic rings. The molecule has 5 nitrogen and oxygen atoms in total. The number of carbonyl (C=O) groups is 1. The molecule has 0 spiro atoms. The second-order valence-corrected chi connectivity index (χ2v) is 9.18. The van der Waals surface area contributed by atoms with Crippen molar-refractivity contribution in [2.75, 3.05) is 18.4 Å². The van der Waals surface area contributed by atoms with Crippen LogP contribution in [0, 0.1) is 5.92 Å². The highest BCUT2D eigenvalue weighted by Crippen LogP contribution is 2.27. The Kier molecular flexibility index (Phi) is 5.24. The largest absolute Gasteiger partial charge is 0.326 e. The van der Waals surface area contributed by atoms with Crippen molar-refractivity contribution < 1.29 is 13.2 Å². The van der Waals surface area contributed by atoms with Gasteiger partial charge in [0.2, 0.25) is 5.91 Å². The molecule has 2 heterocycles. The van der Waals surface area contributed by atoms with E-state index in [4.69, 9.17) is 11.6 Å². The zero-order chi connectivity index (χ0) is 17.2. The molecule has 0 radical (unpaired) electrons. The smallest absolute Gasteiger partial charge is 0.252 e. The first kappa shape index (κ1) is 17.4. The molecule has 1 amide bonds. The third kappa shape index (κ3) is 3.80. The molecule has 1 unspecified atom stereocenters. The molecule has 1 aliphatic heterocycles. The SMILES string of the molecule is O=C(Nc1ccc(Cl)cc1)C1CCCN(S(=O)(=O)c2cccs2)C1. The fraction of sp³-hybridized carbons (Fsp3) is 0.312. The van der Waals surface area contributed by atoms with Gasteiger partial charge in [-0.05, 0) is 48.6 Å². The number of halogens is 1. The Morgan fingerprint density at radius 2 is 2.00 bits per heavy atom. The summed E-state index contributed by atoms with van der Waals surface area (Å²) in [7, 11) is -3.51. The summed E-state index contributed by atoms with van der Waals surface area (Å²) in [5, 5.41) is 5.16. The number of thiophene rings is 1. The average Bonchev–Trinajstić information content (AvgIpc) is 3.12. The molecule has 3 rings (SSSR count). The lowest BCUT2D eigenvalue weighted by Gasteiger charge is -2.30. The van der Waals surface area contributed by atoms with E-state index in [0.717, 1.165) is 0 Å². The molecule has 1 saturated heterocycles. The van der Waals surface area contributed by atoms with Crippen LogP contribution < -0.4 is 5.32 Å². The van der Waals surface area contributed by atoms with Crippen LogP contribution in [0.1, 0.15) is 12.8 Å². The average molecular weight is 385 g/mol. The first-order valence-corrected chi connectivity index (χ1v) is 10.3. The minimum Gasteiger partial charge on any atom is -0.326 e. The number of hydrogen-bond donors (Lipinski definition) is 1. The fourth-order valence-electron chi connectivity index (χ4n) is 2.69. The van der Waals surface area contributed by atoms with Crippen LogP contribution in [0.4, 0.5) is 5.69 Å². The number of carbonyl (C=O) groups excluding carboxylic acids is 1. The molecular formula is C16H17ClN2O3S2. The molecule has 8 heteroatoms. The van der Waals surface area contributed by atoms with E-state index in [1.807, 2.05) is 0 Å². The van der Waals surface area contributed by atoms with E-state index >= 15 is 0 Å². The Bertz CT molecular complexity index is 804. The molecule has 24 heavy (non-hydrogen) atoms. The van der Waals surface area contributed by atoms with Crippen LogP contribution in [0.15, 0.2) is 46.0 Å². The standard InChI is InChI=1S/C16H17ClN2O3S2/c17-13-5-7-14(8-6-13)18-16(20)12-3-1-9-19(11-12)24(21,22)15-4-2-10-23-15/h2,4-8,10,12H,1,3,9,11H2,(H,18,20). The van der Waals surface area contributed by atoms with Gasteiger partial charge in [0.1, 0.15) is 4.21 Å². The molecule has 0 saturated carbocycles. The normalized spacial score (nSPS) is 19.1. The highest BCUT2D eigenvalue weighted by Gasteiger charge is 2.33. The van der Waals surface area contributed by atoms with E-state index in [0.29, 0.717) is 34.3 Å². The van der Waals surface area contributed by atoms with Crippen LogP contribution in [0.5, 0.6) is 0 Å². The Hall–Kier alpha value is -1.41. The second kappa shape index (κ2) is 7.23. The Morgan fingerprint density at radius 3 is 2.67 bits per heavy atom. The van der Waals surface area contributed by atoms with Gasteiger partial charge in [0.25, 0.3) is 10.0 Å². The Morgan fingerprint density at radius 1 is 1.25 bits per heavy atom. The van der Waals surface area contributed by atoms with E-state index in [-0.39, 0.29) is 18.4 Å². The number of nitrogens with zero attached hydrogens (tertiary/aromatic N) is 1. The molecule has 1 aromatic heterocycles. The summed E-state index contributed by atoms with van der Waals surface area (Å²) < 4.78 is 26.9. The van der Waals surface area contributed by atoms with E-state index in [1.165, 1.54) is 15.6 Å². The number of rotatable bonds is 4. The molecule has 0 bridgehead atoms. The van der Waals surface area contributed by atoms with Crippen LogP contribution in [0.2, 0.25) is 5.02 Å². The van der Waals surface area contributed by atoms with Gasteiger partial charge >= 0.3 is 0 Å². The van der Waals surface area contributed by atoms with Crippen LogP contribution in [-0.2, 0) is 14.8 Å². The molecular weight excluding hydrogens is 368 g/mol. The summed E-state index contributed by atoms with van der Waals surface area (Å²) >= 11 is 7.02. The maximum Gasteiger partial charge on any atom is 0.252 e. The highest BCUT2D eigenvalue weighted by atomic mass is 35.5. The lowest BCUT2D eigenvalue weighted by Crippen LogP contribution is -2.43. The maximum absolute atomic E-state index is 12.6. The van der Waals surface area contributed by atoms with Crippen molar-refractivity contribution in [1.29, 1.82) is 0 Å². The zero-order valence-corrected chi connectivity index (χ0v) is 15.2. The molecule has 1 fully saturated rings. The van der Waals surface area contributed by atoms with Crippen molar-refractivity contribution in [3.05, 3.63) is 46.8 Å². The van der Waals surface area contributed by atoms with E-state index in [9.17, 15) is 13.2 Å². The number of amides is 1. The second-order valence-electron chi connectivity index (χ2n) is 5.63. The van der Waals surface area contributed by atoms with Gasteiger partial charge in [-0.25, -0.2) is 8.42 Å². The van der Waals surface area contributed by atoms with Gasteiger partial charge in [0.15, 0.2) is 0 Å². The number of nitrogens with one attached hydrogen (secondary N) is 1. The number of benzene rings is 1. The van der Waals surface area contributed by atoms with Crippen molar-refractivity contribution in [3.63, 3.8) is 0 Å². The van der Waals surface area contributed by atoms with Crippen molar-refractivity contribution in [3.8, 4) is 0 Å². The lowest BCUT2D eigenvalue weighted by atomic mass is 9.99. The first-order chi connectivity index (χ1) is 11.5. The van der Waals surface area contributed by atoms with Crippen molar-refractivity contribution in [2.45, 2.75) is 17.1 Å². The van der Waals surface area contributed by atoms with Gasteiger partial charge in [-0.15, -0.1) is 11.3 Å². The number of hydrogen-bond acceptors (Lipinski definition) is 4. The molecule has 1 aromatic carbocycles. The maximum atomic E-state index is 12.6. The van der Waals surface area contributed by atoms with Crippen molar-refractivity contribution in [2.24, 2.45) is 5.92 Å². The molecule has 128 valence electrons. The highest BCUT2D eigenvalue weighted by molar-refractivity contribution is 7.91. The number of sulfonamides is 1. The van der Waals surface area contributed by atoms with Crippen LogP contribution in [0.3, 0.4) is 0 Å². The summed E-state index contributed by atoms with van der Waals surface area (Å²) in [6, 6.07) is 10.2. The molecule has 1 atom stereocenters. The van der Waals surface area contributed by atoms with Gasteiger partial charge in [-0.3, -0.25) is 4.79 Å². The number of anilines is 1. The third-order valence-electron chi connectivity index (χ3n) is 3.96. The van der Waals surface area contributed by atoms with Gasteiger partial charge in [-0.1, -0.05) is 17.7 Å². The minimum absolute atomic E-state index is 0.164. The summed E-state index contributed by atoms with van der Waals surface area (Å²) in [5.41, 5.74) is 0.655. The van der Waals surface area contributed by atoms with Gasteiger partial charge in [0.05, 0.1) is 5.92 Å². The van der Waals surface area contributed by atoms with Gasteiger partial charge < -0.3 is 5.32 Å². The van der Waals surface area contributed by atoms with Crippen LogP contribution >= 0.6 is 22.9 Å². The van der Waals surface area contributed by atoms with Crippen molar-refractivity contribution >= 4 is 44.6 Å². The van der Waals surface area contributed by atoms with Crippen LogP contribution in [-0.4, -0.2) is 31.7 Å². The van der Waals surface area contributed by atoms with E-state index < -0.39 is 10.0 Å². The molecule has 1 N–H and O–H groups in total. The van der Waals surface area contributed by atoms with Gasteiger partial charge in [0, 0.05) is 23.8 Å². The Balaban J connectivity index is 1.69. The predicted octanol–water partition coefficient (Wildman–Crippen LogP) is 3.44. The van der Waals surface area contributed by atoms with Crippen LogP contribution in [0.25, 0.3) is 0 Å². The number of piperidine rings is 1. The quantitative estimate of drug-likeness (QED) is 0.878. The summed E-state index contributed by atoms with van der Waals surface area (Å²) in [6.45, 7) is 0.657. The third-order valence-corrected chi connectivity index (χ3v) is 7.45. The summed E-state index contributed by atoms with van der Waals surface area (Å²) in [5.74, 6) is -0.521. The summed E-state index contributed by atoms with van der Waals surface area (Å²) in [4.78, 5) is 12.4. The van der Waals surface area contributed by atoms with Crippen molar-refractivity contribution in [1.82, 2.24) is 4.31 Å². The topological polar surface area (TPSA) is 66.5 Å². The zero-order valence-electron chi connectivity index (χ0n) is 12.8. The first-order valence-electron chi connectivity index (χ1n) is 7.57. The molecule has 1 aliphatic rings. The Labute approximate surface area is 150 Å². The minimum atomic E-state index is -3.51. The van der Waals surface area contributed by atoms with Gasteiger partial charge in [-0.2, -0.15) is 4.31 Å². The predicted molar refractivity (Wildman–Crippen MR) is 95.9 cm³/mol. The van der Waals surface area contributed by atoms with E-state index in [2.05, 4.69) is 5.32 Å².